The highest BCUT2D eigenvalue weighted by molar-refractivity contribution is 7.89. The number of sulfonamides is 1. The second-order valence-corrected chi connectivity index (χ2v) is 8.17. The summed E-state index contributed by atoms with van der Waals surface area (Å²) in [5, 5.41) is 0.239. The van der Waals surface area contributed by atoms with Crippen molar-refractivity contribution in [3.8, 4) is 0 Å². The molecule has 1 aromatic rings. The zero-order valence-electron chi connectivity index (χ0n) is 11.3. The highest BCUT2D eigenvalue weighted by Crippen LogP contribution is 2.35. The predicted octanol–water partition coefficient (Wildman–Crippen LogP) is 3.64. The highest BCUT2D eigenvalue weighted by atomic mass is 35.5. The Labute approximate surface area is 129 Å². The van der Waals surface area contributed by atoms with Crippen molar-refractivity contribution < 1.29 is 8.42 Å². The molecular weight excluding hydrogens is 319 g/mol. The van der Waals surface area contributed by atoms with E-state index in [-0.39, 0.29) is 20.5 Å². The number of pyridine rings is 1. The Hall–Kier alpha value is -0.360. The number of halogens is 2. The highest BCUT2D eigenvalue weighted by Gasteiger charge is 2.29. The van der Waals surface area contributed by atoms with E-state index in [1.165, 1.54) is 18.7 Å². The third kappa shape index (κ3) is 3.85. The number of hydrogen-bond donors (Lipinski definition) is 1. The first-order valence-electron chi connectivity index (χ1n) is 6.63. The summed E-state index contributed by atoms with van der Waals surface area (Å²) in [6.07, 6.45) is 6.88. The van der Waals surface area contributed by atoms with Crippen LogP contribution in [-0.2, 0) is 10.0 Å². The number of rotatable bonds is 4. The lowest BCUT2D eigenvalue weighted by atomic mass is 9.76. The van der Waals surface area contributed by atoms with Crippen molar-refractivity contribution >= 4 is 33.2 Å². The van der Waals surface area contributed by atoms with Crippen molar-refractivity contribution in [1.82, 2.24) is 9.71 Å². The molecule has 0 radical (unpaired) electrons. The zero-order valence-corrected chi connectivity index (χ0v) is 13.7. The van der Waals surface area contributed by atoms with Gasteiger partial charge in [-0.2, -0.15) is 0 Å². The van der Waals surface area contributed by atoms with Crippen LogP contribution in [0.1, 0.15) is 39.0 Å². The minimum Gasteiger partial charge on any atom is -0.242 e. The van der Waals surface area contributed by atoms with Gasteiger partial charge in [0, 0.05) is 12.7 Å². The van der Waals surface area contributed by atoms with Crippen LogP contribution in [0.3, 0.4) is 0 Å². The van der Waals surface area contributed by atoms with Crippen molar-refractivity contribution in [3.05, 3.63) is 22.4 Å². The topological polar surface area (TPSA) is 59.1 Å². The third-order valence-corrected chi connectivity index (χ3v) is 5.89. The van der Waals surface area contributed by atoms with Crippen LogP contribution in [0.4, 0.5) is 0 Å². The first-order valence-corrected chi connectivity index (χ1v) is 8.87. The van der Waals surface area contributed by atoms with Crippen LogP contribution in [0.25, 0.3) is 0 Å². The zero-order chi connectivity index (χ0) is 14.8. The maximum atomic E-state index is 12.2. The van der Waals surface area contributed by atoms with Crippen LogP contribution in [-0.4, -0.2) is 19.9 Å². The number of nitrogens with one attached hydrogen (secondary N) is 1. The van der Waals surface area contributed by atoms with Crippen molar-refractivity contribution in [3.63, 3.8) is 0 Å². The van der Waals surface area contributed by atoms with E-state index in [1.807, 2.05) is 0 Å². The summed E-state index contributed by atoms with van der Waals surface area (Å²) in [4.78, 5) is 3.82. The van der Waals surface area contributed by atoms with Crippen molar-refractivity contribution in [2.75, 3.05) is 6.54 Å². The Morgan fingerprint density at radius 2 is 1.95 bits per heavy atom. The Kier molecular flexibility index (Phi) is 4.95. The Morgan fingerprint density at radius 1 is 1.30 bits per heavy atom. The molecule has 0 aliphatic heterocycles. The summed E-state index contributed by atoms with van der Waals surface area (Å²) in [5.74, 6) is 0. The van der Waals surface area contributed by atoms with Gasteiger partial charge in [0.1, 0.15) is 10.0 Å². The van der Waals surface area contributed by atoms with Gasteiger partial charge in [-0.25, -0.2) is 18.1 Å². The number of hydrogen-bond acceptors (Lipinski definition) is 3. The standard InChI is InChI=1S/C13H18Cl2N2O2S/c1-13(5-3-2-4-6-13)9-17-20(18,19)10-7-11(14)12(15)16-8-10/h7-8,17H,2-6,9H2,1H3. The average Bonchev–Trinajstić information content (AvgIpc) is 2.41. The molecular formula is C13H18Cl2N2O2S. The number of nitrogens with zero attached hydrogens (tertiary/aromatic N) is 1. The first-order chi connectivity index (χ1) is 9.32. The predicted molar refractivity (Wildman–Crippen MR) is 80.6 cm³/mol. The summed E-state index contributed by atoms with van der Waals surface area (Å²) >= 11 is 11.5. The molecule has 1 aliphatic carbocycles. The van der Waals surface area contributed by atoms with Crippen LogP contribution < -0.4 is 4.72 Å². The second kappa shape index (κ2) is 6.18. The van der Waals surface area contributed by atoms with Gasteiger partial charge in [0.2, 0.25) is 10.0 Å². The van der Waals surface area contributed by atoms with Gasteiger partial charge in [0.05, 0.1) is 5.02 Å². The van der Waals surface area contributed by atoms with Gasteiger partial charge >= 0.3 is 0 Å². The largest absolute Gasteiger partial charge is 0.242 e. The van der Waals surface area contributed by atoms with Gasteiger partial charge in [-0.05, 0) is 24.3 Å². The average molecular weight is 337 g/mol. The normalized spacial score (nSPS) is 18.9. The quantitative estimate of drug-likeness (QED) is 0.854. The summed E-state index contributed by atoms with van der Waals surface area (Å²) in [5.41, 5.74) is 0.0367. The summed E-state index contributed by atoms with van der Waals surface area (Å²) in [6, 6.07) is 1.32. The van der Waals surface area contributed by atoms with Crippen LogP contribution in [0.5, 0.6) is 0 Å². The number of aromatic nitrogens is 1. The first kappa shape index (κ1) is 16.0. The molecule has 0 atom stereocenters. The van der Waals surface area contributed by atoms with Gasteiger partial charge in [-0.1, -0.05) is 49.4 Å². The fourth-order valence-corrected chi connectivity index (χ4v) is 3.99. The lowest BCUT2D eigenvalue weighted by Gasteiger charge is -2.33. The Morgan fingerprint density at radius 3 is 2.55 bits per heavy atom. The molecule has 0 bridgehead atoms. The molecule has 0 unspecified atom stereocenters. The van der Waals surface area contributed by atoms with Gasteiger partial charge in [0.25, 0.3) is 0 Å². The summed E-state index contributed by atoms with van der Waals surface area (Å²) in [6.45, 7) is 2.57. The lowest BCUT2D eigenvalue weighted by Crippen LogP contribution is -2.37. The van der Waals surface area contributed by atoms with Gasteiger partial charge in [-0.3, -0.25) is 0 Å². The van der Waals surface area contributed by atoms with Crippen molar-refractivity contribution in [2.45, 2.75) is 43.9 Å². The molecule has 112 valence electrons. The molecule has 1 heterocycles. The van der Waals surface area contributed by atoms with Gasteiger partial charge in [-0.15, -0.1) is 0 Å². The summed E-state index contributed by atoms with van der Waals surface area (Å²) < 4.78 is 27.1. The maximum Gasteiger partial charge on any atom is 0.242 e. The van der Waals surface area contributed by atoms with E-state index in [0.717, 1.165) is 25.7 Å². The monoisotopic (exact) mass is 336 g/mol. The smallest absolute Gasteiger partial charge is 0.242 e. The van der Waals surface area contributed by atoms with Crippen LogP contribution in [0, 0.1) is 5.41 Å². The fraction of sp³-hybridized carbons (Fsp3) is 0.615. The SMILES string of the molecule is CC1(CNS(=O)(=O)c2cnc(Cl)c(Cl)c2)CCCCC1. The van der Waals surface area contributed by atoms with E-state index in [1.54, 1.807) is 0 Å². The Balaban J connectivity index is 2.09. The molecule has 1 aromatic heterocycles. The molecule has 1 fully saturated rings. The van der Waals surface area contributed by atoms with E-state index >= 15 is 0 Å². The van der Waals surface area contributed by atoms with Crippen molar-refractivity contribution in [1.29, 1.82) is 0 Å². The molecule has 1 aliphatic rings. The van der Waals surface area contributed by atoms with E-state index in [4.69, 9.17) is 23.2 Å². The van der Waals surface area contributed by atoms with Crippen molar-refractivity contribution in [2.24, 2.45) is 5.41 Å². The molecule has 0 amide bonds. The van der Waals surface area contributed by atoms with E-state index in [0.29, 0.717) is 6.54 Å². The lowest BCUT2D eigenvalue weighted by molar-refractivity contribution is 0.219. The molecule has 4 nitrogen and oxygen atoms in total. The molecule has 1 saturated carbocycles. The minimum atomic E-state index is -3.59. The molecule has 7 heteroatoms. The molecule has 1 N–H and O–H groups in total. The van der Waals surface area contributed by atoms with Crippen LogP contribution >= 0.6 is 23.2 Å². The second-order valence-electron chi connectivity index (χ2n) is 5.64. The Bertz CT molecular complexity index is 584. The third-order valence-electron chi connectivity index (χ3n) is 3.83. The van der Waals surface area contributed by atoms with E-state index < -0.39 is 10.0 Å². The minimum absolute atomic E-state index is 0.0367. The maximum absolute atomic E-state index is 12.2. The molecule has 20 heavy (non-hydrogen) atoms. The molecule has 0 aromatic carbocycles. The van der Waals surface area contributed by atoms with Gasteiger partial charge < -0.3 is 0 Å². The molecule has 0 saturated heterocycles. The molecule has 2 rings (SSSR count). The fourth-order valence-electron chi connectivity index (χ4n) is 2.49. The van der Waals surface area contributed by atoms with Crippen LogP contribution in [0.2, 0.25) is 10.2 Å². The van der Waals surface area contributed by atoms with Gasteiger partial charge in [0.15, 0.2) is 0 Å². The molecule has 0 spiro atoms. The van der Waals surface area contributed by atoms with Crippen LogP contribution in [0.15, 0.2) is 17.2 Å². The summed E-state index contributed by atoms with van der Waals surface area (Å²) in [7, 11) is -3.59. The van der Waals surface area contributed by atoms with E-state index in [9.17, 15) is 8.42 Å². The van der Waals surface area contributed by atoms with E-state index in [2.05, 4.69) is 16.6 Å².